The van der Waals surface area contributed by atoms with Crippen LogP contribution in [-0.2, 0) is 32.6 Å². The predicted octanol–water partition coefficient (Wildman–Crippen LogP) is 5.47. The van der Waals surface area contributed by atoms with Crippen molar-refractivity contribution in [2.45, 2.75) is 77.4 Å². The first-order valence-corrected chi connectivity index (χ1v) is 15.4. The highest BCUT2D eigenvalue weighted by Gasteiger charge is 2.34. The first kappa shape index (κ1) is 30.9. The molecule has 0 saturated carbocycles. The van der Waals surface area contributed by atoms with Crippen LogP contribution in [0.3, 0.4) is 0 Å². The molecule has 214 valence electrons. The van der Waals surface area contributed by atoms with E-state index in [1.165, 1.54) is 17.0 Å². The lowest BCUT2D eigenvalue weighted by molar-refractivity contribution is -0.140. The maximum atomic E-state index is 14.1. The molecule has 2 unspecified atom stereocenters. The van der Waals surface area contributed by atoms with E-state index >= 15 is 0 Å². The van der Waals surface area contributed by atoms with Gasteiger partial charge in [-0.1, -0.05) is 75.4 Å². The van der Waals surface area contributed by atoms with Crippen LogP contribution in [0.5, 0.6) is 0 Å². The second-order valence-corrected chi connectivity index (χ2v) is 11.9. The van der Waals surface area contributed by atoms with Crippen molar-refractivity contribution in [3.63, 3.8) is 0 Å². The first-order valence-electron chi connectivity index (χ1n) is 13.9. The van der Waals surface area contributed by atoms with Gasteiger partial charge in [-0.25, -0.2) is 8.42 Å². The number of hydrogen-bond donors (Lipinski definition) is 1. The Bertz CT molecular complexity index is 1370. The van der Waals surface area contributed by atoms with E-state index in [2.05, 4.69) is 5.32 Å². The number of amides is 2. The fourth-order valence-corrected chi connectivity index (χ4v) is 5.91. The Morgan fingerprint density at radius 2 is 1.48 bits per heavy atom. The Labute approximate surface area is 239 Å². The van der Waals surface area contributed by atoms with Crippen LogP contribution in [0.15, 0.2) is 83.8 Å². The van der Waals surface area contributed by atoms with Crippen LogP contribution in [0.4, 0.5) is 5.69 Å². The summed E-state index contributed by atoms with van der Waals surface area (Å²) in [7, 11) is -4.07. The van der Waals surface area contributed by atoms with Gasteiger partial charge in [-0.2, -0.15) is 0 Å². The van der Waals surface area contributed by atoms with Crippen LogP contribution in [0, 0.1) is 6.92 Å². The maximum Gasteiger partial charge on any atom is 0.264 e. The maximum absolute atomic E-state index is 14.1. The highest BCUT2D eigenvalue weighted by molar-refractivity contribution is 7.92. The SMILES string of the molecule is CCc1ccc(N(CC(=O)N(Cc2ccccc2C)C(CC)C(=O)NC(C)CC)S(=O)(=O)c2ccccc2)cc1. The predicted molar refractivity (Wildman–Crippen MR) is 160 cm³/mol. The molecule has 40 heavy (non-hydrogen) atoms. The second kappa shape index (κ2) is 14.1. The van der Waals surface area contributed by atoms with Crippen LogP contribution in [0.2, 0.25) is 0 Å². The molecule has 2 atom stereocenters. The zero-order chi connectivity index (χ0) is 29.3. The van der Waals surface area contributed by atoms with Crippen LogP contribution in [0.1, 0.15) is 57.2 Å². The molecule has 3 aromatic rings. The highest BCUT2D eigenvalue weighted by Crippen LogP contribution is 2.25. The minimum absolute atomic E-state index is 0.0519. The fraction of sp³-hybridized carbons (Fsp3) is 0.375. The van der Waals surface area contributed by atoms with Gasteiger partial charge >= 0.3 is 0 Å². The summed E-state index contributed by atoms with van der Waals surface area (Å²) in [6.07, 6.45) is 1.94. The Kier molecular flexibility index (Phi) is 10.9. The fourth-order valence-electron chi connectivity index (χ4n) is 4.48. The van der Waals surface area contributed by atoms with E-state index in [1.807, 2.05) is 71.0 Å². The van der Waals surface area contributed by atoms with Crippen molar-refractivity contribution in [3.8, 4) is 0 Å². The average molecular weight is 564 g/mol. The number of nitrogens with zero attached hydrogens (tertiary/aromatic N) is 2. The van der Waals surface area contributed by atoms with E-state index in [0.29, 0.717) is 12.1 Å². The van der Waals surface area contributed by atoms with Gasteiger partial charge in [0.1, 0.15) is 12.6 Å². The summed E-state index contributed by atoms with van der Waals surface area (Å²) in [6, 6.07) is 22.2. The highest BCUT2D eigenvalue weighted by atomic mass is 32.2. The third-order valence-corrected chi connectivity index (χ3v) is 9.02. The lowest BCUT2D eigenvalue weighted by Gasteiger charge is -2.34. The number of nitrogens with one attached hydrogen (secondary N) is 1. The molecular weight excluding hydrogens is 522 g/mol. The summed E-state index contributed by atoms with van der Waals surface area (Å²) < 4.78 is 28.9. The van der Waals surface area contributed by atoms with E-state index in [0.717, 1.165) is 33.8 Å². The van der Waals surface area contributed by atoms with Gasteiger partial charge < -0.3 is 10.2 Å². The number of carbonyl (C=O) groups excluding carboxylic acids is 2. The minimum Gasteiger partial charge on any atom is -0.352 e. The number of sulfonamides is 1. The molecule has 8 heteroatoms. The summed E-state index contributed by atoms with van der Waals surface area (Å²) in [5, 5.41) is 3.01. The number of anilines is 1. The Hall–Kier alpha value is -3.65. The molecule has 7 nitrogen and oxygen atoms in total. The summed E-state index contributed by atoms with van der Waals surface area (Å²) >= 11 is 0. The zero-order valence-corrected chi connectivity index (χ0v) is 24.9. The van der Waals surface area contributed by atoms with Crippen molar-refractivity contribution in [2.24, 2.45) is 0 Å². The van der Waals surface area contributed by atoms with Gasteiger partial charge in [0.25, 0.3) is 10.0 Å². The van der Waals surface area contributed by atoms with Crippen molar-refractivity contribution in [3.05, 3.63) is 95.6 Å². The van der Waals surface area contributed by atoms with Gasteiger partial charge in [-0.15, -0.1) is 0 Å². The molecule has 0 aliphatic rings. The molecule has 0 saturated heterocycles. The number of carbonyl (C=O) groups is 2. The molecule has 0 spiro atoms. The topological polar surface area (TPSA) is 86.8 Å². The molecule has 1 N–H and O–H groups in total. The summed E-state index contributed by atoms with van der Waals surface area (Å²) in [4.78, 5) is 29.1. The standard InChI is InChI=1S/C32H41N3O4S/c1-6-25(5)33-32(37)30(8-3)34(22-27-15-13-12-14-24(27)4)31(36)23-35(28-20-18-26(7-2)19-21-28)40(38,39)29-16-10-9-11-17-29/h9-21,25,30H,6-8,22-23H2,1-5H3,(H,33,37). The quantitative estimate of drug-likeness (QED) is 0.299. The molecule has 3 rings (SSSR count). The van der Waals surface area contributed by atoms with Gasteiger partial charge in [0.15, 0.2) is 0 Å². The summed E-state index contributed by atoms with van der Waals surface area (Å²) in [6.45, 7) is 9.49. The van der Waals surface area contributed by atoms with Crippen LogP contribution >= 0.6 is 0 Å². The Morgan fingerprint density at radius 1 is 0.850 bits per heavy atom. The number of aryl methyl sites for hydroxylation is 2. The van der Waals surface area contributed by atoms with E-state index < -0.39 is 28.5 Å². The summed E-state index contributed by atoms with van der Waals surface area (Å²) in [5.74, 6) is -0.697. The molecule has 0 bridgehead atoms. The van der Waals surface area contributed by atoms with E-state index in [1.54, 1.807) is 30.3 Å². The third kappa shape index (κ3) is 7.50. The normalized spacial score (nSPS) is 12.8. The minimum atomic E-state index is -4.07. The van der Waals surface area contributed by atoms with Crippen molar-refractivity contribution >= 4 is 27.5 Å². The molecule has 0 heterocycles. The average Bonchev–Trinajstić information content (AvgIpc) is 2.97. The molecule has 2 amide bonds. The van der Waals surface area contributed by atoms with E-state index in [-0.39, 0.29) is 23.4 Å². The van der Waals surface area contributed by atoms with Gasteiger partial charge in [-0.05, 0) is 74.1 Å². The molecule has 0 aliphatic carbocycles. The molecular formula is C32H41N3O4S. The molecule has 0 radical (unpaired) electrons. The van der Waals surface area contributed by atoms with Gasteiger partial charge in [0, 0.05) is 12.6 Å². The van der Waals surface area contributed by atoms with Gasteiger partial charge in [-0.3, -0.25) is 13.9 Å². The van der Waals surface area contributed by atoms with E-state index in [9.17, 15) is 18.0 Å². The number of benzene rings is 3. The van der Waals surface area contributed by atoms with Crippen molar-refractivity contribution in [1.29, 1.82) is 0 Å². The lowest BCUT2D eigenvalue weighted by Crippen LogP contribution is -2.53. The van der Waals surface area contributed by atoms with Gasteiger partial charge in [0.2, 0.25) is 11.8 Å². The van der Waals surface area contributed by atoms with Crippen LogP contribution in [-0.4, -0.2) is 43.8 Å². The van der Waals surface area contributed by atoms with Gasteiger partial charge in [0.05, 0.1) is 10.6 Å². The summed E-state index contributed by atoms with van der Waals surface area (Å²) in [5.41, 5.74) is 3.33. The van der Waals surface area contributed by atoms with Crippen LogP contribution in [0.25, 0.3) is 0 Å². The Balaban J connectivity index is 2.06. The molecule has 0 fully saturated rings. The van der Waals surface area contributed by atoms with Crippen molar-refractivity contribution in [1.82, 2.24) is 10.2 Å². The second-order valence-electron chi connectivity index (χ2n) is 10.0. The monoisotopic (exact) mass is 563 g/mol. The van der Waals surface area contributed by atoms with Crippen molar-refractivity contribution < 1.29 is 18.0 Å². The smallest absolute Gasteiger partial charge is 0.264 e. The van der Waals surface area contributed by atoms with E-state index in [4.69, 9.17) is 0 Å². The first-order chi connectivity index (χ1) is 19.1. The van der Waals surface area contributed by atoms with Crippen LogP contribution < -0.4 is 9.62 Å². The lowest BCUT2D eigenvalue weighted by atomic mass is 10.1. The Morgan fingerprint density at radius 3 is 2.05 bits per heavy atom. The van der Waals surface area contributed by atoms with Crippen molar-refractivity contribution in [2.75, 3.05) is 10.8 Å². The molecule has 0 aliphatic heterocycles. The number of hydrogen-bond acceptors (Lipinski definition) is 4. The number of rotatable bonds is 13. The molecule has 3 aromatic carbocycles. The molecule has 0 aromatic heterocycles. The zero-order valence-electron chi connectivity index (χ0n) is 24.1. The third-order valence-electron chi connectivity index (χ3n) is 7.23. The largest absolute Gasteiger partial charge is 0.352 e.